The number of hydrogen-bond acceptors (Lipinski definition) is 3. The van der Waals surface area contributed by atoms with Crippen molar-refractivity contribution < 1.29 is 19.4 Å². The van der Waals surface area contributed by atoms with E-state index in [4.69, 9.17) is 14.6 Å². The topological polar surface area (TPSA) is 55.8 Å². The van der Waals surface area contributed by atoms with E-state index in [-0.39, 0.29) is 12.0 Å². The molecule has 0 amide bonds. The van der Waals surface area contributed by atoms with E-state index in [1.165, 1.54) is 0 Å². The number of carbonyl (C=O) groups is 1. The van der Waals surface area contributed by atoms with Crippen molar-refractivity contribution in [1.29, 1.82) is 0 Å². The lowest BCUT2D eigenvalue weighted by Gasteiger charge is -2.41. The third kappa shape index (κ3) is 2.35. The molecule has 1 fully saturated rings. The molecule has 4 nitrogen and oxygen atoms in total. The van der Waals surface area contributed by atoms with Gasteiger partial charge in [0.05, 0.1) is 6.42 Å². The molecule has 1 aromatic carbocycles. The number of rotatable bonds is 4. The van der Waals surface area contributed by atoms with E-state index in [0.717, 1.165) is 37.0 Å². The first-order chi connectivity index (χ1) is 9.39. The van der Waals surface area contributed by atoms with Crippen LogP contribution in [0.2, 0.25) is 0 Å². The summed E-state index contributed by atoms with van der Waals surface area (Å²) in [5.74, 6) is 0.668. The van der Waals surface area contributed by atoms with Gasteiger partial charge >= 0.3 is 5.97 Å². The van der Waals surface area contributed by atoms with E-state index in [1.54, 1.807) is 0 Å². The number of carboxylic acids is 1. The second-order valence-corrected chi connectivity index (χ2v) is 6.49. The van der Waals surface area contributed by atoms with E-state index in [1.807, 2.05) is 32.0 Å². The number of aliphatic carboxylic acids is 1. The third-order valence-corrected chi connectivity index (χ3v) is 4.12. The molecule has 108 valence electrons. The lowest BCUT2D eigenvalue weighted by Crippen LogP contribution is -2.45. The van der Waals surface area contributed by atoms with Crippen molar-refractivity contribution in [2.24, 2.45) is 0 Å². The fraction of sp³-hybridized carbons (Fsp3) is 0.562. The predicted molar refractivity (Wildman–Crippen MR) is 74.3 cm³/mol. The zero-order chi connectivity index (χ0) is 14.4. The average molecular weight is 276 g/mol. The molecule has 0 spiro atoms. The quantitative estimate of drug-likeness (QED) is 0.917. The highest BCUT2D eigenvalue weighted by atomic mass is 16.5. The van der Waals surface area contributed by atoms with Gasteiger partial charge in [-0.15, -0.1) is 0 Å². The third-order valence-electron chi connectivity index (χ3n) is 4.12. The van der Waals surface area contributed by atoms with Crippen molar-refractivity contribution in [2.75, 3.05) is 0 Å². The van der Waals surface area contributed by atoms with Crippen LogP contribution in [0.3, 0.4) is 0 Å². The van der Waals surface area contributed by atoms with Crippen molar-refractivity contribution in [1.82, 2.24) is 0 Å². The Kier molecular flexibility index (Phi) is 2.92. The summed E-state index contributed by atoms with van der Waals surface area (Å²) in [5.41, 5.74) is 0.371. The Balaban J connectivity index is 1.86. The lowest BCUT2D eigenvalue weighted by molar-refractivity contribution is -0.144. The fourth-order valence-electron chi connectivity index (χ4n) is 3.06. The van der Waals surface area contributed by atoms with E-state index in [2.05, 4.69) is 0 Å². The highest BCUT2D eigenvalue weighted by Crippen LogP contribution is 2.46. The molecule has 3 rings (SSSR count). The summed E-state index contributed by atoms with van der Waals surface area (Å²) < 4.78 is 12.1. The van der Waals surface area contributed by atoms with Gasteiger partial charge in [-0.05, 0) is 39.2 Å². The minimum absolute atomic E-state index is 0.0556. The number of ether oxygens (including phenoxy) is 2. The molecular formula is C16H20O4. The van der Waals surface area contributed by atoms with E-state index in [9.17, 15) is 4.79 Å². The molecule has 2 aliphatic rings. The number of fused-ring (bicyclic) bond motifs is 1. The second-order valence-electron chi connectivity index (χ2n) is 6.49. The van der Waals surface area contributed by atoms with Crippen molar-refractivity contribution in [3.05, 3.63) is 23.8 Å². The van der Waals surface area contributed by atoms with Crippen molar-refractivity contribution in [3.63, 3.8) is 0 Å². The summed E-state index contributed by atoms with van der Waals surface area (Å²) >= 11 is 0. The molecule has 1 N–H and O–H groups in total. The molecule has 0 atom stereocenters. The standard InChI is InChI=1S/C16H20O4/c1-15(2)9-11-5-3-6-12(14(11)20-15)19-16(7-4-8-16)10-13(17)18/h3,5-6H,4,7-10H2,1-2H3,(H,17,18). The number of benzene rings is 1. The molecule has 0 unspecified atom stereocenters. The lowest BCUT2D eigenvalue weighted by atomic mass is 9.77. The largest absolute Gasteiger partial charge is 0.483 e. The first-order valence-electron chi connectivity index (χ1n) is 7.11. The minimum atomic E-state index is -0.807. The molecular weight excluding hydrogens is 256 g/mol. The predicted octanol–water partition coefficient (Wildman–Crippen LogP) is 3.18. The Morgan fingerprint density at radius 3 is 2.75 bits per heavy atom. The maximum atomic E-state index is 11.0. The van der Waals surface area contributed by atoms with Gasteiger partial charge in [0, 0.05) is 12.0 Å². The zero-order valence-electron chi connectivity index (χ0n) is 11.9. The van der Waals surface area contributed by atoms with Crippen LogP contribution < -0.4 is 9.47 Å². The molecule has 1 aliphatic carbocycles. The fourth-order valence-corrected chi connectivity index (χ4v) is 3.06. The van der Waals surface area contributed by atoms with Crippen molar-refractivity contribution in [3.8, 4) is 11.5 Å². The molecule has 0 saturated heterocycles. The summed E-state index contributed by atoms with van der Waals surface area (Å²) in [6, 6.07) is 5.87. The van der Waals surface area contributed by atoms with Crippen LogP contribution in [0, 0.1) is 0 Å². The summed E-state index contributed by atoms with van der Waals surface area (Å²) in [4.78, 5) is 11.0. The van der Waals surface area contributed by atoms with Gasteiger partial charge in [-0.3, -0.25) is 4.79 Å². The van der Waals surface area contributed by atoms with Crippen LogP contribution >= 0.6 is 0 Å². The number of para-hydroxylation sites is 1. The van der Waals surface area contributed by atoms with Gasteiger partial charge in [0.1, 0.15) is 11.2 Å². The molecule has 0 bridgehead atoms. The van der Waals surface area contributed by atoms with Crippen LogP contribution in [0.5, 0.6) is 11.5 Å². The Morgan fingerprint density at radius 2 is 2.15 bits per heavy atom. The molecule has 20 heavy (non-hydrogen) atoms. The van der Waals surface area contributed by atoms with Crippen LogP contribution in [-0.4, -0.2) is 22.3 Å². The van der Waals surface area contributed by atoms with Crippen LogP contribution in [-0.2, 0) is 11.2 Å². The molecule has 1 heterocycles. The van der Waals surface area contributed by atoms with Gasteiger partial charge in [-0.25, -0.2) is 0 Å². The average Bonchev–Trinajstić information content (AvgIpc) is 2.60. The van der Waals surface area contributed by atoms with Crippen LogP contribution in [0.25, 0.3) is 0 Å². The maximum Gasteiger partial charge on any atom is 0.307 e. The summed E-state index contributed by atoms with van der Waals surface area (Å²) in [6.07, 6.45) is 3.53. The Labute approximate surface area is 118 Å². The highest BCUT2D eigenvalue weighted by molar-refractivity contribution is 5.68. The SMILES string of the molecule is CC1(C)Cc2cccc(OC3(CC(=O)O)CCC3)c2O1. The number of carboxylic acid groups (broad SMARTS) is 1. The van der Waals surface area contributed by atoms with Gasteiger partial charge < -0.3 is 14.6 Å². The van der Waals surface area contributed by atoms with Gasteiger partial charge in [0.2, 0.25) is 0 Å². The van der Waals surface area contributed by atoms with Crippen molar-refractivity contribution >= 4 is 5.97 Å². The van der Waals surface area contributed by atoms with Gasteiger partial charge in [-0.1, -0.05) is 12.1 Å². The minimum Gasteiger partial charge on any atom is -0.483 e. The van der Waals surface area contributed by atoms with E-state index >= 15 is 0 Å². The molecule has 0 radical (unpaired) electrons. The highest BCUT2D eigenvalue weighted by Gasteiger charge is 2.43. The Hall–Kier alpha value is -1.71. The van der Waals surface area contributed by atoms with Gasteiger partial charge in [0.25, 0.3) is 0 Å². The molecule has 1 aliphatic heterocycles. The summed E-state index contributed by atoms with van der Waals surface area (Å²) in [7, 11) is 0. The summed E-state index contributed by atoms with van der Waals surface area (Å²) in [5, 5.41) is 9.06. The Bertz CT molecular complexity index is 543. The smallest absolute Gasteiger partial charge is 0.307 e. The first-order valence-corrected chi connectivity index (χ1v) is 7.11. The normalized spacial score (nSPS) is 21.5. The van der Waals surface area contributed by atoms with Gasteiger partial charge in [0.15, 0.2) is 11.5 Å². The van der Waals surface area contributed by atoms with Crippen LogP contribution in [0.15, 0.2) is 18.2 Å². The maximum absolute atomic E-state index is 11.0. The summed E-state index contributed by atoms with van der Waals surface area (Å²) in [6.45, 7) is 4.10. The van der Waals surface area contributed by atoms with E-state index in [0.29, 0.717) is 5.75 Å². The first kappa shape index (κ1) is 13.3. The molecule has 4 heteroatoms. The number of hydrogen-bond donors (Lipinski definition) is 1. The molecule has 1 saturated carbocycles. The van der Waals surface area contributed by atoms with Crippen molar-refractivity contribution in [2.45, 2.75) is 57.2 Å². The monoisotopic (exact) mass is 276 g/mol. The van der Waals surface area contributed by atoms with Crippen LogP contribution in [0.4, 0.5) is 0 Å². The zero-order valence-corrected chi connectivity index (χ0v) is 11.9. The van der Waals surface area contributed by atoms with Gasteiger partial charge in [-0.2, -0.15) is 0 Å². The van der Waals surface area contributed by atoms with E-state index < -0.39 is 11.6 Å². The second kappa shape index (κ2) is 4.40. The molecule has 1 aromatic rings. The molecule has 0 aromatic heterocycles. The Morgan fingerprint density at radius 1 is 1.40 bits per heavy atom. The van der Waals surface area contributed by atoms with Crippen LogP contribution in [0.1, 0.15) is 45.1 Å².